The van der Waals surface area contributed by atoms with Crippen LogP contribution in [0.3, 0.4) is 0 Å². The molecule has 12 heavy (non-hydrogen) atoms. The second-order valence-electron chi connectivity index (χ2n) is 3.19. The number of carbonyl (C=O) groups is 1. The van der Waals surface area contributed by atoms with Gasteiger partial charge in [-0.15, -0.1) is 23.5 Å². The van der Waals surface area contributed by atoms with E-state index in [0.717, 1.165) is 18.4 Å². The van der Waals surface area contributed by atoms with E-state index in [1.54, 1.807) is 0 Å². The number of hydrogen-bond acceptors (Lipinski definition) is 3. The highest BCUT2D eigenvalue weighted by Crippen LogP contribution is 2.41. The summed E-state index contributed by atoms with van der Waals surface area (Å²) >= 11 is 3.86. The molecule has 1 aliphatic heterocycles. The topological polar surface area (TPSA) is 17.1 Å². The molecule has 0 unspecified atom stereocenters. The van der Waals surface area contributed by atoms with Gasteiger partial charge in [0, 0.05) is 23.5 Å². The van der Waals surface area contributed by atoms with Gasteiger partial charge >= 0.3 is 0 Å². The highest BCUT2D eigenvalue weighted by atomic mass is 32.2. The van der Waals surface area contributed by atoms with E-state index in [1.165, 1.54) is 17.1 Å². The van der Waals surface area contributed by atoms with Crippen molar-refractivity contribution in [3.05, 3.63) is 11.1 Å². The van der Waals surface area contributed by atoms with Gasteiger partial charge in [0.05, 0.1) is 4.58 Å². The number of allylic oxidation sites excluding steroid dienone is 1. The standard InChI is InChI=1S/C9H12OS2/c1-6-2-3-7(10)8(6)9-11-4-5-12-9/h9H,2-5H2,1H3. The fourth-order valence-electron chi connectivity index (χ4n) is 1.67. The molecule has 0 radical (unpaired) electrons. The molecule has 0 bridgehead atoms. The smallest absolute Gasteiger partial charge is 0.161 e. The monoisotopic (exact) mass is 200 g/mol. The Balaban J connectivity index is 2.19. The Kier molecular flexibility index (Phi) is 2.51. The molecule has 0 aromatic heterocycles. The predicted molar refractivity (Wildman–Crippen MR) is 55.6 cm³/mol. The lowest BCUT2D eigenvalue weighted by Crippen LogP contribution is -2.06. The van der Waals surface area contributed by atoms with Crippen LogP contribution in [0.4, 0.5) is 0 Å². The van der Waals surface area contributed by atoms with E-state index in [-0.39, 0.29) is 0 Å². The van der Waals surface area contributed by atoms with Crippen molar-refractivity contribution in [1.29, 1.82) is 0 Å². The van der Waals surface area contributed by atoms with Crippen LogP contribution in [0.25, 0.3) is 0 Å². The van der Waals surface area contributed by atoms with E-state index in [1.807, 2.05) is 23.5 Å². The third-order valence-electron chi connectivity index (χ3n) is 2.34. The third kappa shape index (κ3) is 1.44. The van der Waals surface area contributed by atoms with E-state index in [4.69, 9.17) is 0 Å². The first kappa shape index (κ1) is 8.70. The Labute approximate surface area is 81.4 Å². The zero-order chi connectivity index (χ0) is 8.55. The maximum absolute atomic E-state index is 11.5. The highest BCUT2D eigenvalue weighted by Gasteiger charge is 2.30. The van der Waals surface area contributed by atoms with E-state index in [0.29, 0.717) is 10.4 Å². The van der Waals surface area contributed by atoms with Gasteiger partial charge in [-0.1, -0.05) is 5.57 Å². The van der Waals surface area contributed by atoms with Gasteiger partial charge < -0.3 is 0 Å². The minimum Gasteiger partial charge on any atom is -0.294 e. The van der Waals surface area contributed by atoms with Crippen LogP contribution in [-0.4, -0.2) is 21.9 Å². The second-order valence-corrected chi connectivity index (χ2v) is 5.92. The number of carbonyl (C=O) groups excluding carboxylic acids is 1. The van der Waals surface area contributed by atoms with Crippen LogP contribution in [0.1, 0.15) is 19.8 Å². The van der Waals surface area contributed by atoms with Gasteiger partial charge in [-0.3, -0.25) is 4.79 Å². The van der Waals surface area contributed by atoms with E-state index in [2.05, 4.69) is 6.92 Å². The molecule has 0 N–H and O–H groups in total. The van der Waals surface area contributed by atoms with Crippen molar-refractivity contribution in [2.45, 2.75) is 24.3 Å². The molecule has 66 valence electrons. The molecule has 2 rings (SSSR count). The first-order valence-electron chi connectivity index (χ1n) is 4.25. The number of Topliss-reactive ketones (excluding diaryl/α,β-unsaturated/α-hetero) is 1. The first-order chi connectivity index (χ1) is 5.79. The number of hydrogen-bond donors (Lipinski definition) is 0. The summed E-state index contributed by atoms with van der Waals surface area (Å²) in [7, 11) is 0. The Morgan fingerprint density at radius 1 is 1.25 bits per heavy atom. The van der Waals surface area contributed by atoms with Crippen LogP contribution in [0, 0.1) is 0 Å². The summed E-state index contributed by atoms with van der Waals surface area (Å²) < 4.78 is 0.472. The molecule has 1 heterocycles. The largest absolute Gasteiger partial charge is 0.294 e. The fourth-order valence-corrected chi connectivity index (χ4v) is 4.82. The Morgan fingerprint density at radius 2 is 1.92 bits per heavy atom. The first-order valence-corrected chi connectivity index (χ1v) is 6.35. The molecule has 0 saturated carbocycles. The maximum Gasteiger partial charge on any atom is 0.161 e. The Bertz CT molecular complexity index is 239. The van der Waals surface area contributed by atoms with Crippen LogP contribution >= 0.6 is 23.5 Å². The molecular formula is C9H12OS2. The van der Waals surface area contributed by atoms with Crippen molar-refractivity contribution in [3.63, 3.8) is 0 Å². The summed E-state index contributed by atoms with van der Waals surface area (Å²) in [6.07, 6.45) is 1.77. The molecule has 0 amide bonds. The van der Waals surface area contributed by atoms with E-state index >= 15 is 0 Å². The predicted octanol–water partition coefficient (Wildman–Crippen LogP) is 2.47. The van der Waals surface area contributed by atoms with Gasteiger partial charge in [-0.2, -0.15) is 0 Å². The molecule has 3 heteroatoms. The Hall–Kier alpha value is 0.110. The zero-order valence-electron chi connectivity index (χ0n) is 7.13. The molecule has 1 nitrogen and oxygen atoms in total. The summed E-state index contributed by atoms with van der Waals surface area (Å²) in [5.74, 6) is 2.82. The number of thioether (sulfide) groups is 2. The Morgan fingerprint density at radius 3 is 2.42 bits per heavy atom. The van der Waals surface area contributed by atoms with Gasteiger partial charge in [0.1, 0.15) is 0 Å². The molecule has 1 aliphatic carbocycles. The molecule has 0 atom stereocenters. The second kappa shape index (κ2) is 3.46. The lowest BCUT2D eigenvalue weighted by Gasteiger charge is -2.08. The summed E-state index contributed by atoms with van der Waals surface area (Å²) in [4.78, 5) is 11.5. The van der Waals surface area contributed by atoms with E-state index < -0.39 is 0 Å². The van der Waals surface area contributed by atoms with Crippen molar-refractivity contribution >= 4 is 29.3 Å². The van der Waals surface area contributed by atoms with Crippen molar-refractivity contribution < 1.29 is 4.79 Å². The van der Waals surface area contributed by atoms with Gasteiger partial charge in [-0.25, -0.2) is 0 Å². The maximum atomic E-state index is 11.5. The lowest BCUT2D eigenvalue weighted by molar-refractivity contribution is -0.114. The number of rotatable bonds is 1. The molecule has 0 spiro atoms. The van der Waals surface area contributed by atoms with Crippen molar-refractivity contribution in [2.24, 2.45) is 0 Å². The summed E-state index contributed by atoms with van der Waals surface area (Å²) in [6, 6.07) is 0. The van der Waals surface area contributed by atoms with Crippen LogP contribution in [0.15, 0.2) is 11.1 Å². The van der Waals surface area contributed by atoms with Crippen molar-refractivity contribution in [1.82, 2.24) is 0 Å². The average Bonchev–Trinajstić information content (AvgIpc) is 2.61. The van der Waals surface area contributed by atoms with Crippen LogP contribution in [-0.2, 0) is 4.79 Å². The number of ketones is 1. The van der Waals surface area contributed by atoms with Gasteiger partial charge in [0.25, 0.3) is 0 Å². The molecule has 1 fully saturated rings. The van der Waals surface area contributed by atoms with Crippen LogP contribution in [0.2, 0.25) is 0 Å². The molecule has 0 aromatic rings. The lowest BCUT2D eigenvalue weighted by atomic mass is 10.2. The molecule has 0 aromatic carbocycles. The molecule has 1 saturated heterocycles. The summed E-state index contributed by atoms with van der Waals surface area (Å²) in [6.45, 7) is 2.11. The normalized spacial score (nSPS) is 25.9. The van der Waals surface area contributed by atoms with Gasteiger partial charge in [0.2, 0.25) is 0 Å². The molecule has 2 aliphatic rings. The summed E-state index contributed by atoms with van der Waals surface area (Å²) in [5.41, 5.74) is 2.48. The van der Waals surface area contributed by atoms with E-state index in [9.17, 15) is 4.79 Å². The zero-order valence-corrected chi connectivity index (χ0v) is 8.76. The minimum absolute atomic E-state index is 0.402. The van der Waals surface area contributed by atoms with Crippen LogP contribution < -0.4 is 0 Å². The minimum atomic E-state index is 0.402. The van der Waals surface area contributed by atoms with Crippen molar-refractivity contribution in [2.75, 3.05) is 11.5 Å². The van der Waals surface area contributed by atoms with Crippen molar-refractivity contribution in [3.8, 4) is 0 Å². The quantitative estimate of drug-likeness (QED) is 0.647. The fraction of sp³-hybridized carbons (Fsp3) is 0.667. The van der Waals surface area contributed by atoms with Crippen LogP contribution in [0.5, 0.6) is 0 Å². The molecular weight excluding hydrogens is 188 g/mol. The third-order valence-corrected chi connectivity index (χ3v) is 5.38. The van der Waals surface area contributed by atoms with Gasteiger partial charge in [0.15, 0.2) is 5.78 Å². The SMILES string of the molecule is CC1=C(C2SCCS2)C(=O)CC1. The highest BCUT2D eigenvalue weighted by molar-refractivity contribution is 8.20. The average molecular weight is 200 g/mol. The summed E-state index contributed by atoms with van der Waals surface area (Å²) in [5, 5.41) is 0. The van der Waals surface area contributed by atoms with Gasteiger partial charge in [-0.05, 0) is 13.3 Å².